The van der Waals surface area contributed by atoms with Crippen molar-refractivity contribution in [2.75, 3.05) is 7.05 Å². The molecule has 0 fully saturated rings. The zero-order valence-corrected chi connectivity index (χ0v) is 13.4. The van der Waals surface area contributed by atoms with Gasteiger partial charge in [0.25, 0.3) is 5.91 Å². The Bertz CT molecular complexity index is 580. The molecule has 0 radical (unpaired) electrons. The van der Waals surface area contributed by atoms with Crippen LogP contribution >= 0.6 is 22.7 Å². The molecule has 20 heavy (non-hydrogen) atoms. The Balaban J connectivity index is 1.79. The van der Waals surface area contributed by atoms with E-state index >= 15 is 0 Å². The molecule has 0 aliphatic heterocycles. The van der Waals surface area contributed by atoms with Crippen LogP contribution in [0.25, 0.3) is 0 Å². The van der Waals surface area contributed by atoms with Crippen LogP contribution in [0.2, 0.25) is 0 Å². The van der Waals surface area contributed by atoms with E-state index in [0.29, 0.717) is 0 Å². The monoisotopic (exact) mass is 306 g/mol. The minimum Gasteiger partial charge on any atom is -0.333 e. The fourth-order valence-corrected chi connectivity index (χ4v) is 4.53. The van der Waals surface area contributed by atoms with Gasteiger partial charge in [-0.3, -0.25) is 9.78 Å². The number of hydrogen-bond donors (Lipinski definition) is 0. The van der Waals surface area contributed by atoms with Crippen LogP contribution in [0.3, 0.4) is 0 Å². The lowest BCUT2D eigenvalue weighted by Gasteiger charge is -2.23. The Kier molecular flexibility index (Phi) is 3.89. The summed E-state index contributed by atoms with van der Waals surface area (Å²) in [5, 5.41) is 0. The first kappa shape index (κ1) is 13.8. The van der Waals surface area contributed by atoms with Crippen LogP contribution in [0.1, 0.15) is 50.8 Å². The molecular weight excluding hydrogens is 288 g/mol. The Morgan fingerprint density at radius 3 is 2.90 bits per heavy atom. The third-order valence-electron chi connectivity index (χ3n) is 3.97. The molecule has 5 heteroatoms. The molecule has 2 aromatic heterocycles. The number of carbonyl (C=O) groups excluding carboxylic acids is 1. The predicted octanol–water partition coefficient (Wildman–Crippen LogP) is 3.92. The molecule has 3 rings (SSSR count). The number of aryl methyl sites for hydroxylation is 2. The van der Waals surface area contributed by atoms with Gasteiger partial charge in [0, 0.05) is 23.0 Å². The number of aromatic nitrogens is 1. The molecule has 0 saturated carbocycles. The minimum absolute atomic E-state index is 0.0779. The zero-order chi connectivity index (χ0) is 14.1. The molecule has 3 nitrogen and oxygen atoms in total. The number of thiazole rings is 1. The van der Waals surface area contributed by atoms with Crippen LogP contribution < -0.4 is 0 Å². The molecule has 0 aromatic carbocycles. The quantitative estimate of drug-likeness (QED) is 0.861. The fourth-order valence-electron chi connectivity index (χ4n) is 2.57. The topological polar surface area (TPSA) is 33.2 Å². The molecule has 0 unspecified atom stereocenters. The highest BCUT2D eigenvalue weighted by atomic mass is 32.1. The average molecular weight is 306 g/mol. The van der Waals surface area contributed by atoms with Crippen molar-refractivity contribution in [1.29, 1.82) is 0 Å². The van der Waals surface area contributed by atoms with E-state index in [1.807, 2.05) is 23.7 Å². The van der Waals surface area contributed by atoms with Gasteiger partial charge >= 0.3 is 0 Å². The number of rotatable bonds is 3. The van der Waals surface area contributed by atoms with Crippen molar-refractivity contribution >= 4 is 28.6 Å². The molecule has 0 N–H and O–H groups in total. The number of fused-ring (bicyclic) bond motifs is 1. The van der Waals surface area contributed by atoms with Gasteiger partial charge in [0.2, 0.25) is 0 Å². The van der Waals surface area contributed by atoms with Gasteiger partial charge in [-0.05, 0) is 44.2 Å². The lowest BCUT2D eigenvalue weighted by molar-refractivity contribution is 0.0749. The summed E-state index contributed by atoms with van der Waals surface area (Å²) in [6, 6.07) is 2.19. The first-order valence-corrected chi connectivity index (χ1v) is 8.63. The van der Waals surface area contributed by atoms with E-state index in [1.165, 1.54) is 23.3 Å². The van der Waals surface area contributed by atoms with Gasteiger partial charge in [0.15, 0.2) is 0 Å². The first-order chi connectivity index (χ1) is 9.66. The summed E-state index contributed by atoms with van der Waals surface area (Å²) in [6.45, 7) is 2.05. The van der Waals surface area contributed by atoms with Crippen LogP contribution in [-0.4, -0.2) is 22.8 Å². The van der Waals surface area contributed by atoms with E-state index in [-0.39, 0.29) is 11.9 Å². The van der Waals surface area contributed by atoms with Crippen LogP contribution in [0.5, 0.6) is 0 Å². The number of thiophene rings is 1. The maximum absolute atomic E-state index is 12.6. The van der Waals surface area contributed by atoms with Gasteiger partial charge < -0.3 is 4.90 Å². The summed E-state index contributed by atoms with van der Waals surface area (Å²) in [4.78, 5) is 22.0. The molecular formula is C15H18N2OS2. The van der Waals surface area contributed by atoms with E-state index in [1.54, 1.807) is 22.7 Å². The second-order valence-corrected chi connectivity index (χ2v) is 7.32. The molecule has 1 aliphatic carbocycles. The van der Waals surface area contributed by atoms with Crippen LogP contribution in [0, 0.1) is 0 Å². The van der Waals surface area contributed by atoms with Crippen molar-refractivity contribution < 1.29 is 4.79 Å². The van der Waals surface area contributed by atoms with Gasteiger partial charge in [-0.25, -0.2) is 0 Å². The van der Waals surface area contributed by atoms with E-state index in [0.717, 1.165) is 22.6 Å². The number of nitrogens with zero attached hydrogens (tertiary/aromatic N) is 2. The summed E-state index contributed by atoms with van der Waals surface area (Å²) in [6.07, 6.45) is 6.63. The Morgan fingerprint density at radius 1 is 1.40 bits per heavy atom. The first-order valence-electron chi connectivity index (χ1n) is 6.94. The molecule has 0 bridgehead atoms. The molecule has 2 heterocycles. The van der Waals surface area contributed by atoms with Crippen LogP contribution in [0.4, 0.5) is 0 Å². The summed E-state index contributed by atoms with van der Waals surface area (Å²) < 4.78 is 0. The highest BCUT2D eigenvalue weighted by Crippen LogP contribution is 2.32. The van der Waals surface area contributed by atoms with Crippen molar-refractivity contribution in [1.82, 2.24) is 9.88 Å². The van der Waals surface area contributed by atoms with Crippen molar-refractivity contribution in [2.24, 2.45) is 0 Å². The summed E-state index contributed by atoms with van der Waals surface area (Å²) in [5.41, 5.74) is 3.21. The van der Waals surface area contributed by atoms with Gasteiger partial charge in [-0.2, -0.15) is 0 Å². The maximum atomic E-state index is 12.6. The molecule has 0 saturated heterocycles. The Morgan fingerprint density at radius 2 is 2.20 bits per heavy atom. The van der Waals surface area contributed by atoms with Crippen molar-refractivity contribution in [3.05, 3.63) is 38.0 Å². The van der Waals surface area contributed by atoms with E-state index in [9.17, 15) is 4.79 Å². The average Bonchev–Trinajstić information content (AvgIpc) is 3.13. The van der Waals surface area contributed by atoms with Gasteiger partial charge in [-0.1, -0.05) is 0 Å². The largest absolute Gasteiger partial charge is 0.333 e. The Labute approximate surface area is 127 Å². The SMILES string of the molecule is C[C@H](c1cncs1)N(C)C(=O)c1cc2c(s1)CCCC2. The van der Waals surface area contributed by atoms with Crippen LogP contribution in [-0.2, 0) is 12.8 Å². The fraction of sp³-hybridized carbons (Fsp3) is 0.467. The molecule has 1 aliphatic rings. The van der Waals surface area contributed by atoms with Crippen molar-refractivity contribution in [3.63, 3.8) is 0 Å². The summed E-state index contributed by atoms with van der Waals surface area (Å²) in [5.74, 6) is 0.130. The lowest BCUT2D eigenvalue weighted by Crippen LogP contribution is -2.28. The molecule has 1 atom stereocenters. The number of hydrogen-bond acceptors (Lipinski definition) is 4. The number of carbonyl (C=O) groups is 1. The summed E-state index contributed by atoms with van der Waals surface area (Å²) in [7, 11) is 1.88. The van der Waals surface area contributed by atoms with E-state index in [2.05, 4.69) is 18.0 Å². The smallest absolute Gasteiger partial charge is 0.264 e. The molecule has 1 amide bonds. The normalized spacial score (nSPS) is 15.7. The second-order valence-electron chi connectivity index (χ2n) is 5.26. The molecule has 2 aromatic rings. The number of amides is 1. The highest BCUT2D eigenvalue weighted by molar-refractivity contribution is 7.14. The second kappa shape index (κ2) is 5.66. The zero-order valence-electron chi connectivity index (χ0n) is 11.8. The van der Waals surface area contributed by atoms with Gasteiger partial charge in [-0.15, -0.1) is 22.7 Å². The van der Waals surface area contributed by atoms with E-state index in [4.69, 9.17) is 0 Å². The highest BCUT2D eigenvalue weighted by Gasteiger charge is 2.23. The molecule has 106 valence electrons. The molecule has 0 spiro atoms. The standard InChI is InChI=1S/C15H18N2OS2/c1-10(14-8-16-9-19-14)17(2)15(18)13-7-11-5-3-4-6-12(11)20-13/h7-10H,3-6H2,1-2H3/t10-/m1/s1. The maximum Gasteiger partial charge on any atom is 0.264 e. The van der Waals surface area contributed by atoms with Crippen LogP contribution in [0.15, 0.2) is 17.8 Å². The summed E-state index contributed by atoms with van der Waals surface area (Å²) >= 11 is 3.28. The van der Waals surface area contributed by atoms with Crippen molar-refractivity contribution in [3.8, 4) is 0 Å². The third kappa shape index (κ3) is 2.52. The lowest BCUT2D eigenvalue weighted by atomic mass is 9.99. The Hall–Kier alpha value is -1.20. The third-order valence-corrected chi connectivity index (χ3v) is 6.14. The minimum atomic E-state index is 0.0779. The van der Waals surface area contributed by atoms with Gasteiger partial charge in [0.1, 0.15) is 0 Å². The van der Waals surface area contributed by atoms with Crippen molar-refractivity contribution in [2.45, 2.75) is 38.6 Å². The van der Waals surface area contributed by atoms with E-state index < -0.39 is 0 Å². The predicted molar refractivity (Wildman–Crippen MR) is 83.6 cm³/mol. The van der Waals surface area contributed by atoms with Gasteiger partial charge in [0.05, 0.1) is 16.4 Å².